The molecule has 84 valence electrons. The maximum atomic E-state index is 11.8. The van der Waals surface area contributed by atoms with Gasteiger partial charge in [0.05, 0.1) is 0 Å². The van der Waals surface area contributed by atoms with Gasteiger partial charge in [0.25, 0.3) is 0 Å². The van der Waals surface area contributed by atoms with Crippen molar-refractivity contribution in [3.63, 3.8) is 0 Å². The quantitative estimate of drug-likeness (QED) is 0.700. The van der Waals surface area contributed by atoms with Crippen molar-refractivity contribution >= 4 is 5.91 Å². The van der Waals surface area contributed by atoms with Crippen LogP contribution in [0.4, 0.5) is 0 Å². The first kappa shape index (κ1) is 13.5. The molecule has 0 aliphatic rings. The first-order chi connectivity index (χ1) is 6.49. The van der Waals surface area contributed by atoms with E-state index in [0.717, 1.165) is 19.3 Å². The Kier molecular flexibility index (Phi) is 6.60. The molecule has 0 saturated carbocycles. The molecule has 0 spiro atoms. The highest BCUT2D eigenvalue weighted by Crippen LogP contribution is 2.18. The van der Waals surface area contributed by atoms with Gasteiger partial charge in [-0.2, -0.15) is 0 Å². The van der Waals surface area contributed by atoms with E-state index in [9.17, 15) is 4.79 Å². The normalized spacial score (nSPS) is 13.4. The van der Waals surface area contributed by atoms with Gasteiger partial charge < -0.3 is 5.32 Å². The molecule has 0 bridgehead atoms. The molecule has 0 aliphatic heterocycles. The van der Waals surface area contributed by atoms with Gasteiger partial charge in [0.2, 0.25) is 5.91 Å². The summed E-state index contributed by atoms with van der Waals surface area (Å²) in [4.78, 5) is 11.8. The lowest BCUT2D eigenvalue weighted by molar-refractivity contribution is -0.127. The molecule has 0 saturated heterocycles. The molecule has 1 atom stereocenters. The third kappa shape index (κ3) is 5.25. The van der Waals surface area contributed by atoms with Gasteiger partial charge in [0.15, 0.2) is 0 Å². The second-order valence-electron chi connectivity index (χ2n) is 4.66. The smallest absolute Gasteiger partial charge is 0.223 e. The Hall–Kier alpha value is -0.530. The molecule has 1 N–H and O–H groups in total. The molecule has 0 aromatic heterocycles. The predicted molar refractivity (Wildman–Crippen MR) is 61.1 cm³/mol. The molecule has 14 heavy (non-hydrogen) atoms. The van der Waals surface area contributed by atoms with Gasteiger partial charge in [-0.25, -0.2) is 0 Å². The van der Waals surface area contributed by atoms with Crippen molar-refractivity contribution in [2.45, 2.75) is 59.9 Å². The molecule has 0 fully saturated rings. The standard InChI is InChI=1S/C12H25NO/c1-6-7-8-11(9(2)3)12(14)13-10(4)5/h9-11H,6-8H2,1-5H3,(H,13,14). The van der Waals surface area contributed by atoms with E-state index in [4.69, 9.17) is 0 Å². The maximum Gasteiger partial charge on any atom is 0.223 e. The van der Waals surface area contributed by atoms with Gasteiger partial charge in [-0.3, -0.25) is 4.79 Å². The number of unbranched alkanes of at least 4 members (excludes halogenated alkanes) is 1. The molecule has 0 heterocycles. The highest BCUT2D eigenvalue weighted by atomic mass is 16.1. The topological polar surface area (TPSA) is 29.1 Å². The molecule has 0 radical (unpaired) electrons. The molecule has 0 rings (SSSR count). The van der Waals surface area contributed by atoms with Crippen molar-refractivity contribution in [1.82, 2.24) is 5.32 Å². The number of hydrogen-bond donors (Lipinski definition) is 1. The molecule has 1 unspecified atom stereocenters. The Morgan fingerprint density at radius 2 is 1.79 bits per heavy atom. The molecule has 0 aromatic carbocycles. The predicted octanol–water partition coefficient (Wildman–Crippen LogP) is 2.97. The van der Waals surface area contributed by atoms with Crippen molar-refractivity contribution in [3.05, 3.63) is 0 Å². The van der Waals surface area contributed by atoms with E-state index < -0.39 is 0 Å². The Balaban J connectivity index is 4.11. The monoisotopic (exact) mass is 199 g/mol. The third-order valence-corrected chi connectivity index (χ3v) is 2.44. The summed E-state index contributed by atoms with van der Waals surface area (Å²) < 4.78 is 0. The Labute approximate surface area is 88.5 Å². The zero-order chi connectivity index (χ0) is 11.1. The lowest BCUT2D eigenvalue weighted by Gasteiger charge is -2.21. The van der Waals surface area contributed by atoms with Gasteiger partial charge in [-0.05, 0) is 26.2 Å². The largest absolute Gasteiger partial charge is 0.354 e. The molecular formula is C12H25NO. The van der Waals surface area contributed by atoms with Crippen molar-refractivity contribution in [2.24, 2.45) is 11.8 Å². The van der Waals surface area contributed by atoms with Gasteiger partial charge in [0, 0.05) is 12.0 Å². The second kappa shape index (κ2) is 6.86. The van der Waals surface area contributed by atoms with E-state index in [0.29, 0.717) is 5.92 Å². The minimum absolute atomic E-state index is 0.192. The van der Waals surface area contributed by atoms with Crippen LogP contribution in [0.25, 0.3) is 0 Å². The molecule has 0 aliphatic carbocycles. The summed E-state index contributed by atoms with van der Waals surface area (Å²) in [7, 11) is 0. The van der Waals surface area contributed by atoms with E-state index >= 15 is 0 Å². The van der Waals surface area contributed by atoms with E-state index in [2.05, 4.69) is 26.1 Å². The third-order valence-electron chi connectivity index (χ3n) is 2.44. The summed E-state index contributed by atoms with van der Waals surface area (Å²) in [5.74, 6) is 0.862. The minimum atomic E-state index is 0.192. The van der Waals surface area contributed by atoms with Crippen LogP contribution in [0.1, 0.15) is 53.9 Å². The summed E-state index contributed by atoms with van der Waals surface area (Å²) in [6, 6.07) is 0.255. The highest BCUT2D eigenvalue weighted by molar-refractivity contribution is 5.79. The van der Waals surface area contributed by atoms with Crippen LogP contribution in [0.2, 0.25) is 0 Å². The van der Waals surface area contributed by atoms with E-state index in [1.807, 2.05) is 13.8 Å². The fraction of sp³-hybridized carbons (Fsp3) is 0.917. The second-order valence-corrected chi connectivity index (χ2v) is 4.66. The van der Waals surface area contributed by atoms with Crippen LogP contribution in [-0.2, 0) is 4.79 Å². The number of hydrogen-bond acceptors (Lipinski definition) is 1. The first-order valence-corrected chi connectivity index (χ1v) is 5.79. The van der Waals surface area contributed by atoms with Gasteiger partial charge >= 0.3 is 0 Å². The Morgan fingerprint density at radius 1 is 1.21 bits per heavy atom. The summed E-state index contributed by atoms with van der Waals surface area (Å²) in [6.07, 6.45) is 3.33. The van der Waals surface area contributed by atoms with Crippen LogP contribution >= 0.6 is 0 Å². The van der Waals surface area contributed by atoms with E-state index in [1.54, 1.807) is 0 Å². The van der Waals surface area contributed by atoms with Crippen LogP contribution in [0.5, 0.6) is 0 Å². The van der Waals surface area contributed by atoms with Crippen LogP contribution in [0, 0.1) is 11.8 Å². The summed E-state index contributed by atoms with van der Waals surface area (Å²) in [5.41, 5.74) is 0. The average Bonchev–Trinajstić information content (AvgIpc) is 2.02. The minimum Gasteiger partial charge on any atom is -0.354 e. The summed E-state index contributed by atoms with van der Waals surface area (Å²) >= 11 is 0. The Morgan fingerprint density at radius 3 is 2.14 bits per heavy atom. The van der Waals surface area contributed by atoms with Crippen molar-refractivity contribution in [1.29, 1.82) is 0 Å². The molecule has 2 heteroatoms. The molecule has 0 aromatic rings. The van der Waals surface area contributed by atoms with Crippen LogP contribution in [0.15, 0.2) is 0 Å². The van der Waals surface area contributed by atoms with Crippen LogP contribution in [-0.4, -0.2) is 11.9 Å². The first-order valence-electron chi connectivity index (χ1n) is 5.79. The summed E-state index contributed by atoms with van der Waals surface area (Å²) in [5, 5.41) is 2.99. The summed E-state index contributed by atoms with van der Waals surface area (Å²) in [6.45, 7) is 10.4. The molecule has 1 amide bonds. The fourth-order valence-electron chi connectivity index (χ4n) is 1.58. The van der Waals surface area contributed by atoms with Crippen LogP contribution in [0.3, 0.4) is 0 Å². The van der Waals surface area contributed by atoms with E-state index in [1.165, 1.54) is 0 Å². The number of carbonyl (C=O) groups excluding carboxylic acids is 1. The van der Waals surface area contributed by atoms with Crippen molar-refractivity contribution < 1.29 is 4.79 Å². The SMILES string of the molecule is CCCCC(C(=O)NC(C)C)C(C)C. The van der Waals surface area contributed by atoms with Crippen molar-refractivity contribution in [3.8, 4) is 0 Å². The molecular weight excluding hydrogens is 174 g/mol. The number of rotatable bonds is 6. The molecule has 2 nitrogen and oxygen atoms in total. The number of amides is 1. The lowest BCUT2D eigenvalue weighted by Crippen LogP contribution is -2.37. The zero-order valence-electron chi connectivity index (χ0n) is 10.3. The fourth-order valence-corrected chi connectivity index (χ4v) is 1.58. The highest BCUT2D eigenvalue weighted by Gasteiger charge is 2.21. The van der Waals surface area contributed by atoms with Crippen molar-refractivity contribution in [2.75, 3.05) is 0 Å². The number of nitrogens with one attached hydrogen (secondary N) is 1. The van der Waals surface area contributed by atoms with E-state index in [-0.39, 0.29) is 17.9 Å². The maximum absolute atomic E-state index is 11.8. The average molecular weight is 199 g/mol. The van der Waals surface area contributed by atoms with Gasteiger partial charge in [-0.15, -0.1) is 0 Å². The number of carbonyl (C=O) groups is 1. The van der Waals surface area contributed by atoms with Gasteiger partial charge in [0.1, 0.15) is 0 Å². The lowest BCUT2D eigenvalue weighted by atomic mass is 9.89. The van der Waals surface area contributed by atoms with Gasteiger partial charge in [-0.1, -0.05) is 33.6 Å². The zero-order valence-corrected chi connectivity index (χ0v) is 10.3. The Bertz CT molecular complexity index is 164. The van der Waals surface area contributed by atoms with Crippen LogP contribution < -0.4 is 5.32 Å².